The lowest BCUT2D eigenvalue weighted by molar-refractivity contribution is -0.114. The quantitative estimate of drug-likeness (QED) is 0.678. The van der Waals surface area contributed by atoms with Gasteiger partial charge in [-0.25, -0.2) is 0 Å². The summed E-state index contributed by atoms with van der Waals surface area (Å²) in [4.78, 5) is 11.3. The lowest BCUT2D eigenvalue weighted by Gasteiger charge is -2.13. The predicted molar refractivity (Wildman–Crippen MR) is 62.8 cm³/mol. The lowest BCUT2D eigenvalue weighted by atomic mass is 9.91. The third kappa shape index (κ3) is 2.17. The molecule has 1 aliphatic rings. The van der Waals surface area contributed by atoms with Crippen LogP contribution in [0.25, 0.3) is 5.57 Å². The number of carbonyl (C=O) groups is 1. The van der Waals surface area contributed by atoms with E-state index in [1.807, 2.05) is 6.08 Å². The van der Waals surface area contributed by atoms with Crippen molar-refractivity contribution in [3.8, 4) is 0 Å². The van der Waals surface area contributed by atoms with Crippen LogP contribution in [0.5, 0.6) is 0 Å². The highest BCUT2D eigenvalue weighted by atomic mass is 16.1. The van der Waals surface area contributed by atoms with Gasteiger partial charge in [0.15, 0.2) is 5.78 Å². The van der Waals surface area contributed by atoms with Gasteiger partial charge in [0.2, 0.25) is 0 Å². The van der Waals surface area contributed by atoms with Crippen LogP contribution in [0, 0.1) is 13.8 Å². The van der Waals surface area contributed by atoms with E-state index in [0.717, 1.165) is 12.8 Å². The summed E-state index contributed by atoms with van der Waals surface area (Å²) in [6.45, 7) is 4.23. The molecule has 0 saturated heterocycles. The maximum Gasteiger partial charge on any atom is 0.155 e. The van der Waals surface area contributed by atoms with Gasteiger partial charge >= 0.3 is 0 Å². The molecule has 78 valence electrons. The zero-order valence-electron chi connectivity index (χ0n) is 9.34. The molecule has 15 heavy (non-hydrogen) atoms. The number of rotatable bonds is 1. The first kappa shape index (κ1) is 10.2. The molecule has 2 rings (SSSR count). The molecule has 0 aromatic heterocycles. The topological polar surface area (TPSA) is 17.1 Å². The zero-order chi connectivity index (χ0) is 10.8. The first-order valence-corrected chi connectivity index (χ1v) is 5.48. The summed E-state index contributed by atoms with van der Waals surface area (Å²) in [6.07, 6.45) is 4.56. The number of aryl methyl sites for hydroxylation is 2. The molecule has 1 aromatic carbocycles. The SMILES string of the molecule is Cc1ccc(C2=CC(=O)CCC2)cc1C. The molecule has 0 radical (unpaired) electrons. The summed E-state index contributed by atoms with van der Waals surface area (Å²) >= 11 is 0. The van der Waals surface area contributed by atoms with Crippen molar-refractivity contribution in [2.75, 3.05) is 0 Å². The van der Waals surface area contributed by atoms with Crippen LogP contribution < -0.4 is 0 Å². The summed E-state index contributed by atoms with van der Waals surface area (Å²) in [5.41, 5.74) is 5.02. The van der Waals surface area contributed by atoms with Crippen LogP contribution in [0.2, 0.25) is 0 Å². The first-order chi connectivity index (χ1) is 7.16. The van der Waals surface area contributed by atoms with Crippen molar-refractivity contribution in [3.63, 3.8) is 0 Å². The molecule has 0 aliphatic heterocycles. The van der Waals surface area contributed by atoms with Crippen molar-refractivity contribution in [2.45, 2.75) is 33.1 Å². The number of hydrogen-bond acceptors (Lipinski definition) is 1. The lowest BCUT2D eigenvalue weighted by Crippen LogP contribution is -2.02. The normalized spacial score (nSPS) is 16.4. The fourth-order valence-corrected chi connectivity index (χ4v) is 1.96. The molecule has 1 aromatic rings. The smallest absolute Gasteiger partial charge is 0.155 e. The van der Waals surface area contributed by atoms with Gasteiger partial charge in [0, 0.05) is 6.42 Å². The highest BCUT2D eigenvalue weighted by Crippen LogP contribution is 2.26. The Labute approximate surface area is 90.8 Å². The minimum atomic E-state index is 0.273. The van der Waals surface area contributed by atoms with E-state index >= 15 is 0 Å². The van der Waals surface area contributed by atoms with E-state index in [9.17, 15) is 4.79 Å². The van der Waals surface area contributed by atoms with Gasteiger partial charge in [-0.3, -0.25) is 4.79 Å². The molecule has 0 unspecified atom stereocenters. The Morgan fingerprint density at radius 3 is 2.53 bits per heavy atom. The minimum absolute atomic E-state index is 0.273. The van der Waals surface area contributed by atoms with Crippen molar-refractivity contribution in [1.82, 2.24) is 0 Å². The Hall–Kier alpha value is -1.37. The van der Waals surface area contributed by atoms with Gasteiger partial charge in [0.1, 0.15) is 0 Å². The van der Waals surface area contributed by atoms with Gasteiger partial charge in [-0.1, -0.05) is 18.2 Å². The van der Waals surface area contributed by atoms with Gasteiger partial charge < -0.3 is 0 Å². The average Bonchev–Trinajstić information content (AvgIpc) is 2.22. The summed E-state index contributed by atoms with van der Waals surface area (Å²) in [7, 11) is 0. The molecule has 1 aliphatic carbocycles. The Balaban J connectivity index is 2.37. The molecule has 0 fully saturated rings. The van der Waals surface area contributed by atoms with Gasteiger partial charge in [0.25, 0.3) is 0 Å². The van der Waals surface area contributed by atoms with E-state index < -0.39 is 0 Å². The Bertz CT molecular complexity index is 427. The zero-order valence-corrected chi connectivity index (χ0v) is 9.34. The van der Waals surface area contributed by atoms with Crippen LogP contribution in [0.1, 0.15) is 36.0 Å². The minimum Gasteiger partial charge on any atom is -0.295 e. The second-order valence-corrected chi connectivity index (χ2v) is 4.29. The van der Waals surface area contributed by atoms with E-state index in [-0.39, 0.29) is 5.78 Å². The van der Waals surface area contributed by atoms with Gasteiger partial charge in [-0.2, -0.15) is 0 Å². The summed E-state index contributed by atoms with van der Waals surface area (Å²) < 4.78 is 0. The average molecular weight is 200 g/mol. The summed E-state index contributed by atoms with van der Waals surface area (Å²) in [5, 5.41) is 0. The maximum atomic E-state index is 11.3. The number of ketones is 1. The summed E-state index contributed by atoms with van der Waals surface area (Å²) in [5.74, 6) is 0.273. The number of benzene rings is 1. The van der Waals surface area contributed by atoms with Crippen molar-refractivity contribution < 1.29 is 4.79 Å². The molecular formula is C14H16O. The van der Waals surface area contributed by atoms with Crippen molar-refractivity contribution in [1.29, 1.82) is 0 Å². The molecule has 0 heterocycles. The van der Waals surface area contributed by atoms with Crippen molar-refractivity contribution in [3.05, 3.63) is 41.0 Å². The largest absolute Gasteiger partial charge is 0.295 e. The Morgan fingerprint density at radius 1 is 1.07 bits per heavy atom. The highest BCUT2D eigenvalue weighted by molar-refractivity contribution is 5.98. The van der Waals surface area contributed by atoms with Gasteiger partial charge in [-0.15, -0.1) is 0 Å². The molecule has 0 N–H and O–H groups in total. The van der Waals surface area contributed by atoms with Crippen LogP contribution >= 0.6 is 0 Å². The number of hydrogen-bond donors (Lipinski definition) is 0. The van der Waals surface area contributed by atoms with Crippen LogP contribution in [0.4, 0.5) is 0 Å². The number of carbonyl (C=O) groups excluding carboxylic acids is 1. The van der Waals surface area contributed by atoms with Crippen LogP contribution in [0.3, 0.4) is 0 Å². The fraction of sp³-hybridized carbons (Fsp3) is 0.357. The third-order valence-electron chi connectivity index (χ3n) is 3.08. The molecule has 0 amide bonds. The third-order valence-corrected chi connectivity index (χ3v) is 3.08. The van der Waals surface area contributed by atoms with E-state index in [1.54, 1.807) is 0 Å². The van der Waals surface area contributed by atoms with Crippen molar-refractivity contribution in [2.24, 2.45) is 0 Å². The predicted octanol–water partition coefficient (Wildman–Crippen LogP) is 3.44. The molecule has 0 spiro atoms. The van der Waals surface area contributed by atoms with E-state index in [1.165, 1.54) is 22.3 Å². The first-order valence-electron chi connectivity index (χ1n) is 5.48. The van der Waals surface area contributed by atoms with E-state index in [4.69, 9.17) is 0 Å². The van der Waals surface area contributed by atoms with Gasteiger partial charge in [-0.05, 0) is 55.0 Å². The molecule has 0 saturated carbocycles. The summed E-state index contributed by atoms with van der Waals surface area (Å²) in [6, 6.07) is 6.43. The number of allylic oxidation sites excluding steroid dienone is 2. The fourth-order valence-electron chi connectivity index (χ4n) is 1.96. The molecular weight excluding hydrogens is 184 g/mol. The molecule has 1 nitrogen and oxygen atoms in total. The van der Waals surface area contributed by atoms with Crippen LogP contribution in [-0.4, -0.2) is 5.78 Å². The van der Waals surface area contributed by atoms with Crippen LogP contribution in [0.15, 0.2) is 24.3 Å². The highest BCUT2D eigenvalue weighted by Gasteiger charge is 2.11. The molecule has 0 bridgehead atoms. The Kier molecular flexibility index (Phi) is 2.72. The maximum absolute atomic E-state index is 11.3. The van der Waals surface area contributed by atoms with Crippen LogP contribution in [-0.2, 0) is 4.79 Å². The standard InChI is InChI=1S/C14H16O/c1-10-6-7-13(8-11(10)2)12-4-3-5-14(15)9-12/h6-9H,3-5H2,1-2H3. The van der Waals surface area contributed by atoms with E-state index in [2.05, 4.69) is 32.0 Å². The van der Waals surface area contributed by atoms with E-state index in [0.29, 0.717) is 6.42 Å². The second-order valence-electron chi connectivity index (χ2n) is 4.29. The van der Waals surface area contributed by atoms with Crippen molar-refractivity contribution >= 4 is 11.4 Å². The second kappa shape index (κ2) is 4.01. The monoisotopic (exact) mass is 200 g/mol. The van der Waals surface area contributed by atoms with Gasteiger partial charge in [0.05, 0.1) is 0 Å². The molecule has 1 heteroatoms. The Morgan fingerprint density at radius 2 is 1.87 bits per heavy atom. The molecule has 0 atom stereocenters.